The maximum atomic E-state index is 12.6. The molecule has 42 heavy (non-hydrogen) atoms. The second-order valence-electron chi connectivity index (χ2n) is 9.73. The van der Waals surface area contributed by atoms with Gasteiger partial charge in [-0.25, -0.2) is 4.79 Å². The zero-order valence-electron chi connectivity index (χ0n) is 23.7. The van der Waals surface area contributed by atoms with Gasteiger partial charge in [0.15, 0.2) is 5.75 Å². The first-order valence-electron chi connectivity index (χ1n) is 13.2. The highest BCUT2D eigenvalue weighted by molar-refractivity contribution is 5.97. The number of hydrogen-bond acceptors (Lipinski definition) is 6. The first-order valence-corrected chi connectivity index (χ1v) is 13.2. The van der Waals surface area contributed by atoms with E-state index in [-0.39, 0.29) is 30.1 Å². The lowest BCUT2D eigenvalue weighted by molar-refractivity contribution is -0.137. The van der Waals surface area contributed by atoms with Crippen LogP contribution in [0.25, 0.3) is 21.9 Å². The molecule has 0 saturated carbocycles. The smallest absolute Gasteiger partial charge is 0.416 e. The van der Waals surface area contributed by atoms with Gasteiger partial charge < -0.3 is 23.6 Å². The first kappa shape index (κ1) is 32.6. The molecule has 2 aromatic heterocycles. The van der Waals surface area contributed by atoms with Crippen LogP contribution in [0.3, 0.4) is 0 Å². The van der Waals surface area contributed by atoms with Gasteiger partial charge in [-0.1, -0.05) is 44.2 Å². The average molecular weight is 604 g/mol. The summed E-state index contributed by atoms with van der Waals surface area (Å²) in [7, 11) is 3.48. The Morgan fingerprint density at radius 1 is 0.905 bits per heavy atom. The van der Waals surface area contributed by atoms with Crippen LogP contribution >= 0.6 is 12.4 Å². The Kier molecular flexibility index (Phi) is 11.1. The number of halogens is 4. The summed E-state index contributed by atoms with van der Waals surface area (Å²) in [4.78, 5) is 11.2. The summed E-state index contributed by atoms with van der Waals surface area (Å²) in [6.45, 7) is 4.83. The van der Waals surface area contributed by atoms with Crippen molar-refractivity contribution in [3.63, 3.8) is 0 Å². The molecule has 0 aliphatic rings. The van der Waals surface area contributed by atoms with E-state index in [1.54, 1.807) is 19.2 Å². The Bertz CT molecular complexity index is 1630. The van der Waals surface area contributed by atoms with E-state index in [0.717, 1.165) is 52.9 Å². The quantitative estimate of drug-likeness (QED) is 0.179. The maximum Gasteiger partial charge on any atom is 0.416 e. The van der Waals surface area contributed by atoms with Crippen molar-refractivity contribution < 1.29 is 31.5 Å². The summed E-state index contributed by atoms with van der Waals surface area (Å²) in [5.74, 6) is 2.20. The summed E-state index contributed by atoms with van der Waals surface area (Å²) in [5, 5.41) is 4.80. The maximum absolute atomic E-state index is 12.6. The van der Waals surface area contributed by atoms with Crippen LogP contribution in [0.1, 0.15) is 49.2 Å². The number of nitrogens with one attached hydrogen (secondary N) is 1. The highest BCUT2D eigenvalue weighted by Crippen LogP contribution is 2.39. The Balaban J connectivity index is 0.000000227. The largest absolute Gasteiger partial charge is 0.492 e. The predicted octanol–water partition coefficient (Wildman–Crippen LogP) is 8.53. The van der Waals surface area contributed by atoms with Crippen LogP contribution in [0.15, 0.2) is 92.5 Å². The molecule has 0 radical (unpaired) electrons. The molecule has 0 bridgehead atoms. The molecule has 1 atom stereocenters. The van der Waals surface area contributed by atoms with Gasteiger partial charge in [0.05, 0.1) is 18.1 Å². The zero-order chi connectivity index (χ0) is 29.6. The predicted molar refractivity (Wildman–Crippen MR) is 160 cm³/mol. The van der Waals surface area contributed by atoms with Crippen molar-refractivity contribution in [2.45, 2.75) is 38.5 Å². The van der Waals surface area contributed by atoms with Crippen molar-refractivity contribution in [1.82, 2.24) is 5.32 Å². The number of fused-ring (bicyclic) bond motifs is 2. The van der Waals surface area contributed by atoms with Gasteiger partial charge >= 0.3 is 11.8 Å². The second-order valence-corrected chi connectivity index (χ2v) is 9.73. The van der Waals surface area contributed by atoms with E-state index in [2.05, 4.69) is 5.32 Å². The van der Waals surface area contributed by atoms with E-state index in [0.29, 0.717) is 16.9 Å². The minimum Gasteiger partial charge on any atom is -0.492 e. The number of rotatable bonds is 8. The molecule has 3 aromatic carbocycles. The summed E-state index contributed by atoms with van der Waals surface area (Å²) in [6, 6.07) is 21.2. The molecule has 5 rings (SSSR count). The van der Waals surface area contributed by atoms with Gasteiger partial charge in [0.25, 0.3) is 0 Å². The molecule has 0 saturated heterocycles. The van der Waals surface area contributed by atoms with Crippen LogP contribution in [-0.2, 0) is 6.18 Å². The lowest BCUT2D eigenvalue weighted by Crippen LogP contribution is -2.16. The lowest BCUT2D eigenvalue weighted by atomic mass is 10.1. The molecular formula is C32H33ClF3NO5. The molecule has 0 spiro atoms. The van der Waals surface area contributed by atoms with Gasteiger partial charge in [0.1, 0.15) is 28.8 Å². The third-order valence-corrected chi connectivity index (χ3v) is 6.43. The molecule has 0 aliphatic carbocycles. The molecule has 6 nitrogen and oxygen atoms in total. The van der Waals surface area contributed by atoms with E-state index in [1.807, 2.05) is 57.3 Å². The fourth-order valence-corrected chi connectivity index (χ4v) is 4.37. The third-order valence-electron chi connectivity index (χ3n) is 6.43. The van der Waals surface area contributed by atoms with Gasteiger partial charge in [-0.2, -0.15) is 13.2 Å². The van der Waals surface area contributed by atoms with Crippen molar-refractivity contribution in [3.05, 3.63) is 106 Å². The topological polar surface area (TPSA) is 73.8 Å². The fourth-order valence-electron chi connectivity index (χ4n) is 4.37. The first-order chi connectivity index (χ1) is 19.6. The third kappa shape index (κ3) is 7.86. The van der Waals surface area contributed by atoms with Crippen LogP contribution in [0.5, 0.6) is 11.5 Å². The number of hydrogen-bond donors (Lipinski definition) is 1. The summed E-state index contributed by atoms with van der Waals surface area (Å²) in [6.07, 6.45) is -3.81. The van der Waals surface area contributed by atoms with Crippen molar-refractivity contribution in [3.8, 4) is 11.5 Å². The molecule has 1 unspecified atom stereocenters. The molecule has 10 heteroatoms. The van der Waals surface area contributed by atoms with Gasteiger partial charge in [-0.15, -0.1) is 12.4 Å². The highest BCUT2D eigenvalue weighted by Gasteiger charge is 2.30. The van der Waals surface area contributed by atoms with Crippen LogP contribution in [0.4, 0.5) is 13.2 Å². The van der Waals surface area contributed by atoms with Crippen molar-refractivity contribution >= 4 is 34.3 Å². The van der Waals surface area contributed by atoms with Gasteiger partial charge in [0.2, 0.25) is 0 Å². The number of ether oxygens (including phenoxy) is 2. The van der Waals surface area contributed by atoms with Gasteiger partial charge in [-0.3, -0.25) is 0 Å². The minimum absolute atomic E-state index is 0. The van der Waals surface area contributed by atoms with E-state index in [1.165, 1.54) is 18.2 Å². The summed E-state index contributed by atoms with van der Waals surface area (Å²) >= 11 is 0. The van der Waals surface area contributed by atoms with Gasteiger partial charge in [0, 0.05) is 29.9 Å². The number of benzene rings is 3. The molecule has 2 heterocycles. The monoisotopic (exact) mass is 603 g/mol. The number of furan rings is 1. The Hall–Kier alpha value is -3.95. The SMILES string of the molecule is CNCCC(Oc1ccc(C(F)(F)F)cc1)c1ccccc1.COc1c(C(C)C)oc2cc3oc(=O)ccc3cc12.Cl. The average Bonchev–Trinajstić information content (AvgIpc) is 3.32. The number of methoxy groups -OCH3 is 1. The summed E-state index contributed by atoms with van der Waals surface area (Å²) < 4.78 is 60.0. The van der Waals surface area contributed by atoms with E-state index < -0.39 is 11.7 Å². The molecule has 0 aliphatic heterocycles. The van der Waals surface area contributed by atoms with Crippen LogP contribution in [-0.4, -0.2) is 20.7 Å². The zero-order valence-corrected chi connectivity index (χ0v) is 24.5. The normalized spacial score (nSPS) is 12.0. The van der Waals surface area contributed by atoms with Crippen molar-refractivity contribution in [1.29, 1.82) is 0 Å². The Morgan fingerprint density at radius 2 is 1.60 bits per heavy atom. The van der Waals surface area contributed by atoms with Crippen molar-refractivity contribution in [2.24, 2.45) is 0 Å². The van der Waals surface area contributed by atoms with Crippen LogP contribution in [0.2, 0.25) is 0 Å². The molecule has 0 fully saturated rings. The Labute approximate surface area is 247 Å². The molecule has 1 N–H and O–H groups in total. The van der Waals surface area contributed by atoms with E-state index in [9.17, 15) is 18.0 Å². The molecular weight excluding hydrogens is 571 g/mol. The molecule has 224 valence electrons. The lowest BCUT2D eigenvalue weighted by Gasteiger charge is -2.20. The van der Waals surface area contributed by atoms with E-state index in [4.69, 9.17) is 18.3 Å². The van der Waals surface area contributed by atoms with Crippen LogP contribution in [0, 0.1) is 0 Å². The second kappa shape index (κ2) is 14.3. The highest BCUT2D eigenvalue weighted by atomic mass is 35.5. The number of alkyl halides is 3. The van der Waals surface area contributed by atoms with Crippen molar-refractivity contribution in [2.75, 3.05) is 20.7 Å². The van der Waals surface area contributed by atoms with Crippen LogP contribution < -0.4 is 20.4 Å². The van der Waals surface area contributed by atoms with Gasteiger partial charge in [-0.05, 0) is 55.6 Å². The minimum atomic E-state index is -4.33. The standard InChI is InChI=1S/C17H18F3NO.C15H14O4.ClH/c1-21-12-11-16(13-5-3-2-4-6-13)22-15-9-7-14(8-10-15)17(18,19)20;1-8(2)14-15(17-3)10-6-9-4-5-13(16)18-11(9)7-12(10)19-14;/h2-10,16,21H,11-12H2,1H3;4-8H,1-3H3;1H. The summed E-state index contributed by atoms with van der Waals surface area (Å²) in [5.41, 5.74) is 1.15. The molecule has 0 amide bonds. The fraction of sp³-hybridized carbons (Fsp3) is 0.281. The molecule has 5 aromatic rings. The van der Waals surface area contributed by atoms with E-state index >= 15 is 0 Å². The Morgan fingerprint density at radius 3 is 2.19 bits per heavy atom.